The molecule has 0 aliphatic heterocycles. The summed E-state index contributed by atoms with van der Waals surface area (Å²) in [6.45, 7) is 2.57. The smallest absolute Gasteiger partial charge is 0.224 e. The number of rotatable bonds is 5. The molecule has 0 aliphatic rings. The SMILES string of the molecule is CC(N)CCNC(=O)Cc1c[nH]c2ccccc12. The van der Waals surface area contributed by atoms with Crippen LogP contribution >= 0.6 is 0 Å². The van der Waals surface area contributed by atoms with E-state index in [0.717, 1.165) is 22.9 Å². The molecule has 1 unspecified atom stereocenters. The number of aromatic amines is 1. The number of carbonyl (C=O) groups is 1. The van der Waals surface area contributed by atoms with Gasteiger partial charge in [-0.3, -0.25) is 4.79 Å². The number of fused-ring (bicyclic) bond motifs is 1. The van der Waals surface area contributed by atoms with E-state index < -0.39 is 0 Å². The highest BCUT2D eigenvalue weighted by molar-refractivity contribution is 5.88. The quantitative estimate of drug-likeness (QED) is 0.748. The van der Waals surface area contributed by atoms with Crippen molar-refractivity contribution < 1.29 is 4.79 Å². The Kier molecular flexibility index (Phi) is 3.99. The van der Waals surface area contributed by atoms with Gasteiger partial charge in [0.2, 0.25) is 5.91 Å². The highest BCUT2D eigenvalue weighted by atomic mass is 16.1. The Morgan fingerprint density at radius 1 is 1.44 bits per heavy atom. The first-order chi connectivity index (χ1) is 8.66. The molecule has 1 amide bonds. The summed E-state index contributed by atoms with van der Waals surface area (Å²) in [5, 5.41) is 4.00. The van der Waals surface area contributed by atoms with Crippen LogP contribution in [0.5, 0.6) is 0 Å². The molecular formula is C14H19N3O. The van der Waals surface area contributed by atoms with Crippen LogP contribution < -0.4 is 11.1 Å². The van der Waals surface area contributed by atoms with Crippen LogP contribution in [-0.4, -0.2) is 23.5 Å². The summed E-state index contributed by atoms with van der Waals surface area (Å²) >= 11 is 0. The lowest BCUT2D eigenvalue weighted by Crippen LogP contribution is -2.29. The standard InChI is InChI=1S/C14H19N3O/c1-10(15)6-7-16-14(18)8-11-9-17-13-5-3-2-4-12(11)13/h2-5,9-10,17H,6-8,15H2,1H3,(H,16,18). The number of amides is 1. The van der Waals surface area contributed by atoms with Crippen molar-refractivity contribution >= 4 is 16.8 Å². The normalized spacial score (nSPS) is 12.6. The predicted octanol–water partition coefficient (Wildman–Crippen LogP) is 1.56. The topological polar surface area (TPSA) is 70.9 Å². The van der Waals surface area contributed by atoms with Crippen LogP contribution in [0.15, 0.2) is 30.5 Å². The fourth-order valence-electron chi connectivity index (χ4n) is 1.95. The van der Waals surface area contributed by atoms with Crippen molar-refractivity contribution in [3.8, 4) is 0 Å². The van der Waals surface area contributed by atoms with Gasteiger partial charge in [0.25, 0.3) is 0 Å². The minimum absolute atomic E-state index is 0.0420. The minimum atomic E-state index is 0.0420. The molecule has 0 radical (unpaired) electrons. The van der Waals surface area contributed by atoms with Crippen molar-refractivity contribution in [3.05, 3.63) is 36.0 Å². The van der Waals surface area contributed by atoms with Gasteiger partial charge >= 0.3 is 0 Å². The molecule has 0 bridgehead atoms. The molecule has 1 heterocycles. The molecule has 2 aromatic rings. The van der Waals surface area contributed by atoms with Gasteiger partial charge in [-0.15, -0.1) is 0 Å². The first-order valence-corrected chi connectivity index (χ1v) is 6.24. The second-order valence-corrected chi connectivity index (χ2v) is 4.65. The maximum Gasteiger partial charge on any atom is 0.224 e. The van der Waals surface area contributed by atoms with Crippen molar-refractivity contribution in [2.24, 2.45) is 5.73 Å². The van der Waals surface area contributed by atoms with Gasteiger partial charge in [0.15, 0.2) is 0 Å². The van der Waals surface area contributed by atoms with Gasteiger partial charge in [0, 0.05) is 29.7 Å². The molecule has 4 heteroatoms. The van der Waals surface area contributed by atoms with Gasteiger partial charge in [-0.1, -0.05) is 18.2 Å². The molecule has 2 rings (SSSR count). The lowest BCUT2D eigenvalue weighted by Gasteiger charge is -2.06. The van der Waals surface area contributed by atoms with Crippen molar-refractivity contribution in [1.29, 1.82) is 0 Å². The number of nitrogens with one attached hydrogen (secondary N) is 2. The molecule has 18 heavy (non-hydrogen) atoms. The average Bonchev–Trinajstić information content (AvgIpc) is 2.72. The van der Waals surface area contributed by atoms with Crippen LogP contribution in [0.2, 0.25) is 0 Å². The Bertz CT molecular complexity index is 531. The summed E-state index contributed by atoms with van der Waals surface area (Å²) in [6.07, 6.45) is 3.11. The number of hydrogen-bond acceptors (Lipinski definition) is 2. The Labute approximate surface area is 107 Å². The Morgan fingerprint density at radius 3 is 3.00 bits per heavy atom. The first-order valence-electron chi connectivity index (χ1n) is 6.24. The average molecular weight is 245 g/mol. The second-order valence-electron chi connectivity index (χ2n) is 4.65. The van der Waals surface area contributed by atoms with Crippen LogP contribution in [0, 0.1) is 0 Å². The van der Waals surface area contributed by atoms with E-state index in [9.17, 15) is 4.79 Å². The summed E-state index contributed by atoms with van der Waals surface area (Å²) in [5.41, 5.74) is 7.73. The molecule has 0 saturated heterocycles. The van der Waals surface area contributed by atoms with Gasteiger partial charge < -0.3 is 16.0 Å². The summed E-state index contributed by atoms with van der Waals surface area (Å²) in [4.78, 5) is 14.9. The number of para-hydroxylation sites is 1. The molecule has 1 atom stereocenters. The molecule has 1 aromatic heterocycles. The van der Waals surface area contributed by atoms with E-state index in [0.29, 0.717) is 13.0 Å². The van der Waals surface area contributed by atoms with E-state index in [2.05, 4.69) is 10.3 Å². The van der Waals surface area contributed by atoms with Crippen molar-refractivity contribution in [2.45, 2.75) is 25.8 Å². The second kappa shape index (κ2) is 5.69. The highest BCUT2D eigenvalue weighted by Gasteiger charge is 2.08. The Hall–Kier alpha value is -1.81. The van der Waals surface area contributed by atoms with Crippen molar-refractivity contribution in [2.75, 3.05) is 6.54 Å². The molecule has 0 saturated carbocycles. The zero-order chi connectivity index (χ0) is 13.0. The molecular weight excluding hydrogens is 226 g/mol. The van der Waals surface area contributed by atoms with E-state index in [4.69, 9.17) is 5.73 Å². The van der Waals surface area contributed by atoms with E-state index in [1.165, 1.54) is 0 Å². The summed E-state index contributed by atoms with van der Waals surface area (Å²) in [6, 6.07) is 8.11. The zero-order valence-electron chi connectivity index (χ0n) is 10.6. The zero-order valence-corrected chi connectivity index (χ0v) is 10.6. The number of hydrogen-bond donors (Lipinski definition) is 3. The number of H-pyrrole nitrogens is 1. The molecule has 4 N–H and O–H groups in total. The molecule has 0 fully saturated rings. The number of carbonyl (C=O) groups excluding carboxylic acids is 1. The summed E-state index contributed by atoms with van der Waals surface area (Å²) < 4.78 is 0. The van der Waals surface area contributed by atoms with Gasteiger partial charge in [-0.05, 0) is 25.0 Å². The first kappa shape index (κ1) is 12.6. The minimum Gasteiger partial charge on any atom is -0.361 e. The van der Waals surface area contributed by atoms with Crippen LogP contribution in [-0.2, 0) is 11.2 Å². The molecule has 4 nitrogen and oxygen atoms in total. The Balaban J connectivity index is 1.95. The monoisotopic (exact) mass is 245 g/mol. The molecule has 1 aromatic carbocycles. The lowest BCUT2D eigenvalue weighted by atomic mass is 10.1. The third kappa shape index (κ3) is 3.11. The predicted molar refractivity (Wildman–Crippen MR) is 73.3 cm³/mol. The van der Waals surface area contributed by atoms with Crippen LogP contribution in [0.25, 0.3) is 10.9 Å². The van der Waals surface area contributed by atoms with E-state index in [-0.39, 0.29) is 11.9 Å². The van der Waals surface area contributed by atoms with E-state index in [1.54, 1.807) is 0 Å². The van der Waals surface area contributed by atoms with Gasteiger partial charge in [-0.2, -0.15) is 0 Å². The highest BCUT2D eigenvalue weighted by Crippen LogP contribution is 2.17. The molecule has 0 spiro atoms. The van der Waals surface area contributed by atoms with Gasteiger partial charge in [0.05, 0.1) is 6.42 Å². The summed E-state index contributed by atoms with van der Waals surface area (Å²) in [5.74, 6) is 0.0420. The number of aromatic nitrogens is 1. The molecule has 96 valence electrons. The fraction of sp³-hybridized carbons (Fsp3) is 0.357. The van der Waals surface area contributed by atoms with Crippen LogP contribution in [0.4, 0.5) is 0 Å². The van der Waals surface area contributed by atoms with E-state index in [1.807, 2.05) is 37.4 Å². The molecule has 0 aliphatic carbocycles. The Morgan fingerprint density at radius 2 is 2.22 bits per heavy atom. The lowest BCUT2D eigenvalue weighted by molar-refractivity contribution is -0.120. The third-order valence-corrected chi connectivity index (χ3v) is 2.95. The van der Waals surface area contributed by atoms with Crippen LogP contribution in [0.3, 0.4) is 0 Å². The maximum absolute atomic E-state index is 11.8. The fourth-order valence-corrected chi connectivity index (χ4v) is 1.95. The number of nitrogens with two attached hydrogens (primary N) is 1. The van der Waals surface area contributed by atoms with Gasteiger partial charge in [-0.25, -0.2) is 0 Å². The summed E-state index contributed by atoms with van der Waals surface area (Å²) in [7, 11) is 0. The maximum atomic E-state index is 11.8. The van der Waals surface area contributed by atoms with Crippen LogP contribution in [0.1, 0.15) is 18.9 Å². The van der Waals surface area contributed by atoms with Crippen molar-refractivity contribution in [3.63, 3.8) is 0 Å². The van der Waals surface area contributed by atoms with Gasteiger partial charge in [0.1, 0.15) is 0 Å². The van der Waals surface area contributed by atoms with Crippen molar-refractivity contribution in [1.82, 2.24) is 10.3 Å². The number of benzene rings is 1. The third-order valence-electron chi connectivity index (χ3n) is 2.95. The van der Waals surface area contributed by atoms with E-state index >= 15 is 0 Å². The largest absolute Gasteiger partial charge is 0.361 e.